The van der Waals surface area contributed by atoms with Gasteiger partial charge in [0.2, 0.25) is 12.0 Å². The minimum atomic E-state index is -1.14. The highest BCUT2D eigenvalue weighted by Crippen LogP contribution is 2.68. The van der Waals surface area contributed by atoms with Crippen LogP contribution in [0, 0.1) is 39.9 Å². The Morgan fingerprint density at radius 3 is 2.36 bits per heavy atom. The zero-order valence-corrected chi connectivity index (χ0v) is 16.4. The van der Waals surface area contributed by atoms with E-state index < -0.39 is 6.10 Å². The van der Waals surface area contributed by atoms with Gasteiger partial charge in [0.25, 0.3) is 0 Å². The molecule has 1 unspecified atom stereocenters. The highest BCUT2D eigenvalue weighted by Gasteiger charge is 2.69. The second-order valence-electron chi connectivity index (χ2n) is 7.87. The van der Waals surface area contributed by atoms with Gasteiger partial charge < -0.3 is 9.47 Å². The minimum absolute atomic E-state index is 0.151. The molecule has 1 fully saturated rings. The third-order valence-electron chi connectivity index (χ3n) is 5.63. The van der Waals surface area contributed by atoms with Gasteiger partial charge in [-0.05, 0) is 40.9 Å². The van der Waals surface area contributed by atoms with Gasteiger partial charge in [-0.25, -0.2) is 4.98 Å². The summed E-state index contributed by atoms with van der Waals surface area (Å²) in [6.07, 6.45) is -1.14. The number of pyridine rings is 1. The van der Waals surface area contributed by atoms with Crippen LogP contribution in [0.2, 0.25) is 0 Å². The van der Waals surface area contributed by atoms with Crippen molar-refractivity contribution in [3.05, 3.63) is 54.2 Å². The summed E-state index contributed by atoms with van der Waals surface area (Å²) in [5.41, 5.74) is 0.126. The smallest absolute Gasteiger partial charge is 0.312 e. The lowest BCUT2D eigenvalue weighted by molar-refractivity contribution is -0.147. The van der Waals surface area contributed by atoms with Gasteiger partial charge in [-0.2, -0.15) is 5.26 Å². The van der Waals surface area contributed by atoms with Crippen LogP contribution in [-0.4, -0.2) is 17.1 Å². The van der Waals surface area contributed by atoms with Crippen molar-refractivity contribution in [3.8, 4) is 29.5 Å². The standard InChI is InChI=1S/C23H22N2O3/c1-22(2)20(23(22,3)4)21(26)28-18(15-24)14-13-16-9-8-12-19(25-16)27-17-10-6-5-7-11-17/h5-12,18,20H,1-4H3. The number of carbonyl (C=O) groups excluding carboxylic acids is 1. The Morgan fingerprint density at radius 1 is 1.07 bits per heavy atom. The maximum absolute atomic E-state index is 12.4. The Kier molecular flexibility index (Phi) is 5.12. The number of nitriles is 1. The Labute approximate surface area is 165 Å². The van der Waals surface area contributed by atoms with Crippen molar-refractivity contribution in [2.75, 3.05) is 0 Å². The number of benzene rings is 1. The molecule has 1 atom stereocenters. The summed E-state index contributed by atoms with van der Waals surface area (Å²) in [4.78, 5) is 16.7. The maximum Gasteiger partial charge on any atom is 0.312 e. The second kappa shape index (κ2) is 7.37. The van der Waals surface area contributed by atoms with Crippen molar-refractivity contribution in [2.24, 2.45) is 16.7 Å². The van der Waals surface area contributed by atoms with Crippen molar-refractivity contribution in [3.63, 3.8) is 0 Å². The largest absolute Gasteiger partial charge is 0.439 e. The fraction of sp³-hybridized carbons (Fsp3) is 0.348. The number of carbonyl (C=O) groups is 1. The van der Waals surface area contributed by atoms with Crippen LogP contribution in [0.1, 0.15) is 33.4 Å². The number of hydrogen-bond acceptors (Lipinski definition) is 5. The van der Waals surface area contributed by atoms with Gasteiger partial charge in [-0.3, -0.25) is 4.79 Å². The van der Waals surface area contributed by atoms with Crippen molar-refractivity contribution in [2.45, 2.75) is 33.8 Å². The van der Waals surface area contributed by atoms with Crippen molar-refractivity contribution in [1.29, 1.82) is 5.26 Å². The van der Waals surface area contributed by atoms with Crippen LogP contribution < -0.4 is 4.74 Å². The lowest BCUT2D eigenvalue weighted by atomic mass is 10.0. The van der Waals surface area contributed by atoms with E-state index in [4.69, 9.17) is 9.47 Å². The first-order chi connectivity index (χ1) is 13.3. The SMILES string of the molecule is CC1(C)C(C(=O)OC(C#N)C#Cc2cccc(Oc3ccccc3)n2)C1(C)C. The molecular weight excluding hydrogens is 352 g/mol. The Bertz CT molecular complexity index is 964. The summed E-state index contributed by atoms with van der Waals surface area (Å²) in [5, 5.41) is 9.29. The van der Waals surface area contributed by atoms with Gasteiger partial charge in [0.1, 0.15) is 17.5 Å². The molecular formula is C23H22N2O3. The first kappa shape index (κ1) is 19.5. The molecule has 0 bridgehead atoms. The molecule has 1 aliphatic carbocycles. The monoisotopic (exact) mass is 374 g/mol. The van der Waals surface area contributed by atoms with Crippen LogP contribution >= 0.6 is 0 Å². The topological polar surface area (TPSA) is 72.2 Å². The molecule has 1 heterocycles. The van der Waals surface area contributed by atoms with Gasteiger partial charge in [0, 0.05) is 6.07 Å². The van der Waals surface area contributed by atoms with Gasteiger partial charge in [0.15, 0.2) is 0 Å². The first-order valence-electron chi connectivity index (χ1n) is 9.07. The Morgan fingerprint density at radius 2 is 1.75 bits per heavy atom. The minimum Gasteiger partial charge on any atom is -0.439 e. The number of ether oxygens (including phenoxy) is 2. The van der Waals surface area contributed by atoms with E-state index in [9.17, 15) is 10.1 Å². The van der Waals surface area contributed by atoms with Crippen LogP contribution in [0.25, 0.3) is 0 Å². The predicted molar refractivity (Wildman–Crippen MR) is 104 cm³/mol. The average molecular weight is 374 g/mol. The zero-order chi connectivity index (χ0) is 20.4. The molecule has 1 saturated carbocycles. The summed E-state index contributed by atoms with van der Waals surface area (Å²) < 4.78 is 11.0. The number of esters is 1. The quantitative estimate of drug-likeness (QED) is 0.588. The van der Waals surface area contributed by atoms with Crippen LogP contribution in [-0.2, 0) is 9.53 Å². The van der Waals surface area contributed by atoms with E-state index in [0.717, 1.165) is 0 Å². The highest BCUT2D eigenvalue weighted by atomic mass is 16.5. The summed E-state index contributed by atoms with van der Waals surface area (Å²) in [5.74, 6) is 5.90. The first-order valence-corrected chi connectivity index (χ1v) is 9.07. The van der Waals surface area contributed by atoms with Crippen molar-refractivity contribution in [1.82, 2.24) is 4.98 Å². The lowest BCUT2D eigenvalue weighted by Crippen LogP contribution is -2.19. The van der Waals surface area contributed by atoms with E-state index in [1.807, 2.05) is 64.1 Å². The predicted octanol–water partition coefficient (Wildman–Crippen LogP) is 4.34. The van der Waals surface area contributed by atoms with Gasteiger partial charge in [-0.1, -0.05) is 52.0 Å². The van der Waals surface area contributed by atoms with Crippen LogP contribution in [0.3, 0.4) is 0 Å². The molecule has 28 heavy (non-hydrogen) atoms. The summed E-state index contributed by atoms with van der Waals surface area (Å²) in [6, 6.07) is 16.4. The Hall–Kier alpha value is -3.31. The molecule has 1 aromatic heterocycles. The van der Waals surface area contributed by atoms with E-state index in [2.05, 4.69) is 16.8 Å². The summed E-state index contributed by atoms with van der Waals surface area (Å²) in [7, 11) is 0. The second-order valence-corrected chi connectivity index (χ2v) is 7.87. The molecule has 5 nitrogen and oxygen atoms in total. The maximum atomic E-state index is 12.4. The molecule has 1 aromatic carbocycles. The van der Waals surface area contributed by atoms with E-state index >= 15 is 0 Å². The number of para-hydroxylation sites is 1. The third-order valence-corrected chi connectivity index (χ3v) is 5.63. The van der Waals surface area contributed by atoms with Gasteiger partial charge in [-0.15, -0.1) is 0 Å². The Balaban J connectivity index is 1.67. The molecule has 142 valence electrons. The highest BCUT2D eigenvalue weighted by molar-refractivity contribution is 5.79. The molecule has 0 saturated heterocycles. The summed E-state index contributed by atoms with van der Waals surface area (Å²) in [6.45, 7) is 8.09. The molecule has 0 radical (unpaired) electrons. The van der Waals surface area contributed by atoms with Crippen molar-refractivity contribution >= 4 is 5.97 Å². The van der Waals surface area contributed by atoms with E-state index in [1.165, 1.54) is 0 Å². The zero-order valence-electron chi connectivity index (χ0n) is 16.4. The van der Waals surface area contributed by atoms with Crippen LogP contribution in [0.4, 0.5) is 0 Å². The fourth-order valence-electron chi connectivity index (χ4n) is 3.35. The van der Waals surface area contributed by atoms with Crippen LogP contribution in [0.5, 0.6) is 11.6 Å². The van der Waals surface area contributed by atoms with E-state index in [1.54, 1.807) is 18.2 Å². The summed E-state index contributed by atoms with van der Waals surface area (Å²) >= 11 is 0. The molecule has 1 aliphatic rings. The molecule has 0 N–H and O–H groups in total. The molecule has 3 rings (SSSR count). The molecule has 0 aliphatic heterocycles. The molecule has 5 heteroatoms. The lowest BCUT2D eigenvalue weighted by Gasteiger charge is -2.06. The third kappa shape index (κ3) is 3.85. The van der Waals surface area contributed by atoms with E-state index in [-0.39, 0.29) is 22.7 Å². The number of hydrogen-bond donors (Lipinski definition) is 0. The average Bonchev–Trinajstić information content (AvgIpc) is 3.08. The van der Waals surface area contributed by atoms with Crippen LogP contribution in [0.15, 0.2) is 48.5 Å². The van der Waals surface area contributed by atoms with Crippen molar-refractivity contribution < 1.29 is 14.3 Å². The van der Waals surface area contributed by atoms with Gasteiger partial charge >= 0.3 is 5.97 Å². The van der Waals surface area contributed by atoms with Gasteiger partial charge in [0.05, 0.1) is 5.92 Å². The normalized spacial score (nSPS) is 17.4. The number of aromatic nitrogens is 1. The molecule has 2 aromatic rings. The van der Waals surface area contributed by atoms with E-state index in [0.29, 0.717) is 17.3 Å². The fourth-order valence-corrected chi connectivity index (χ4v) is 3.35. The number of nitrogens with zero attached hydrogens (tertiary/aromatic N) is 2. The number of rotatable bonds is 4. The molecule has 0 amide bonds. The molecule has 0 spiro atoms.